The van der Waals surface area contributed by atoms with Gasteiger partial charge in [0, 0.05) is 74.1 Å². The number of phenols is 1. The first kappa shape index (κ1) is 44.6. The number of nitrogens with zero attached hydrogens (tertiary/aromatic N) is 3. The summed E-state index contributed by atoms with van der Waals surface area (Å²) in [6, 6.07) is 28.1. The van der Waals surface area contributed by atoms with Crippen LogP contribution >= 0.6 is 0 Å². The Bertz CT molecular complexity index is 2580. The molecule has 2 N–H and O–H groups in total. The van der Waals surface area contributed by atoms with Gasteiger partial charge in [-0.2, -0.15) is 0 Å². The van der Waals surface area contributed by atoms with Crippen LogP contribution in [0.2, 0.25) is 0 Å². The number of sulfone groups is 1. The number of anilines is 1. The van der Waals surface area contributed by atoms with Crippen LogP contribution in [0.25, 0.3) is 21.9 Å². The van der Waals surface area contributed by atoms with Crippen molar-refractivity contribution in [1.82, 2.24) is 15.1 Å². The normalized spacial score (nSPS) is 16.9. The Balaban J connectivity index is 0.684. The van der Waals surface area contributed by atoms with Crippen molar-refractivity contribution in [2.24, 2.45) is 0 Å². The molecule has 0 spiro atoms. The first-order chi connectivity index (χ1) is 31.0. The molecule has 15 nitrogen and oxygen atoms in total. The molecule has 0 radical (unpaired) electrons. The quantitative estimate of drug-likeness (QED) is 0.0796. The maximum Gasteiger partial charge on any atom is 0.255 e. The van der Waals surface area contributed by atoms with Crippen molar-refractivity contribution in [3.63, 3.8) is 0 Å². The predicted octanol–water partition coefficient (Wildman–Crippen LogP) is 5.42. The lowest BCUT2D eigenvalue weighted by Crippen LogP contribution is -2.52. The van der Waals surface area contributed by atoms with Gasteiger partial charge in [-0.05, 0) is 95.7 Å². The maximum absolute atomic E-state index is 13.2. The molecule has 2 saturated heterocycles. The van der Waals surface area contributed by atoms with Gasteiger partial charge in [0.2, 0.25) is 11.8 Å². The van der Waals surface area contributed by atoms with Gasteiger partial charge in [-0.25, -0.2) is 8.42 Å². The molecule has 1 unspecified atom stereocenters. The second kappa shape index (κ2) is 20.2. The molecule has 5 aromatic carbocycles. The molecular weight excluding hydrogens is 841 g/mol. The number of carbonyl (C=O) groups excluding carboxylic acids is 3. The standard InChI is InChI=1S/C48H52N4O11S/c1-64(57,58)40-12-3-33(4-13-40)41-14-5-34-30-37(53)7-15-42(34)46(41)63-39-10-8-38(9-11-39)62-29-28-61-27-26-60-25-24-59-23-22-50-18-20-51(21-19-50)36-6-2-35-32-52(48(56)43(35)31-36)44-16-17-45(54)49-47(44)55/h2-15,30-31,44,53H,16-29,32H2,1H3,(H,49,54,55). The summed E-state index contributed by atoms with van der Waals surface area (Å²) in [4.78, 5) is 43.7. The third-order valence-corrected chi connectivity index (χ3v) is 12.8. The second-order valence-corrected chi connectivity index (χ2v) is 18.0. The molecule has 2 fully saturated rings. The summed E-state index contributed by atoms with van der Waals surface area (Å²) in [5.41, 5.74) is 4.09. The van der Waals surface area contributed by atoms with Gasteiger partial charge in [0.15, 0.2) is 9.84 Å². The van der Waals surface area contributed by atoms with Gasteiger partial charge in [0.1, 0.15) is 35.6 Å². The number of carbonyl (C=O) groups is 3. The third-order valence-electron chi connectivity index (χ3n) is 11.6. The number of benzene rings is 5. The van der Waals surface area contributed by atoms with E-state index in [0.29, 0.717) is 82.0 Å². The number of ether oxygens (including phenoxy) is 5. The predicted molar refractivity (Wildman–Crippen MR) is 240 cm³/mol. The number of piperidine rings is 1. The molecule has 64 heavy (non-hydrogen) atoms. The average Bonchev–Trinajstić information content (AvgIpc) is 3.61. The van der Waals surface area contributed by atoms with Crippen LogP contribution in [0.1, 0.15) is 28.8 Å². The molecule has 1 atom stereocenters. The lowest BCUT2D eigenvalue weighted by Gasteiger charge is -2.36. The minimum absolute atomic E-state index is 0.141. The minimum atomic E-state index is -3.34. The molecule has 8 rings (SSSR count). The number of hydrogen-bond acceptors (Lipinski definition) is 13. The van der Waals surface area contributed by atoms with Crippen LogP contribution in [0.4, 0.5) is 5.69 Å². The maximum atomic E-state index is 13.2. The van der Waals surface area contributed by atoms with Crippen molar-refractivity contribution >= 4 is 44.0 Å². The van der Waals surface area contributed by atoms with Gasteiger partial charge in [-0.3, -0.25) is 24.6 Å². The van der Waals surface area contributed by atoms with Crippen molar-refractivity contribution in [1.29, 1.82) is 0 Å². The number of piperazine rings is 1. The summed E-state index contributed by atoms with van der Waals surface area (Å²) in [7, 11) is -3.34. The molecule has 0 aromatic heterocycles. The molecule has 3 aliphatic heterocycles. The van der Waals surface area contributed by atoms with E-state index >= 15 is 0 Å². The van der Waals surface area contributed by atoms with Gasteiger partial charge in [0.05, 0.1) is 44.5 Å². The van der Waals surface area contributed by atoms with E-state index < -0.39 is 21.8 Å². The van der Waals surface area contributed by atoms with Crippen molar-refractivity contribution in [2.75, 3.05) is 90.1 Å². The highest BCUT2D eigenvalue weighted by atomic mass is 32.2. The number of rotatable bonds is 19. The van der Waals surface area contributed by atoms with Crippen LogP contribution in [0.15, 0.2) is 102 Å². The van der Waals surface area contributed by atoms with Crippen molar-refractivity contribution in [3.8, 4) is 34.1 Å². The first-order valence-electron chi connectivity index (χ1n) is 21.5. The highest BCUT2D eigenvalue weighted by Crippen LogP contribution is 2.41. The minimum Gasteiger partial charge on any atom is -0.508 e. The molecule has 0 saturated carbocycles. The highest BCUT2D eigenvalue weighted by Gasteiger charge is 2.39. The second-order valence-electron chi connectivity index (χ2n) is 16.0. The van der Waals surface area contributed by atoms with E-state index in [2.05, 4.69) is 15.1 Å². The van der Waals surface area contributed by atoms with Gasteiger partial charge in [0.25, 0.3) is 5.91 Å². The molecule has 0 bridgehead atoms. The Kier molecular flexibility index (Phi) is 14.1. The summed E-state index contributed by atoms with van der Waals surface area (Å²) >= 11 is 0. The number of aromatic hydroxyl groups is 1. The molecule has 3 heterocycles. The number of imide groups is 1. The number of amides is 3. The lowest BCUT2D eigenvalue weighted by molar-refractivity contribution is -0.136. The zero-order valence-electron chi connectivity index (χ0n) is 35.7. The van der Waals surface area contributed by atoms with E-state index in [0.717, 1.165) is 65.9 Å². The Hall–Kier alpha value is -6.04. The summed E-state index contributed by atoms with van der Waals surface area (Å²) in [6.07, 6.45) is 1.77. The van der Waals surface area contributed by atoms with E-state index in [-0.39, 0.29) is 28.9 Å². The van der Waals surface area contributed by atoms with Crippen molar-refractivity contribution < 1.29 is 51.6 Å². The van der Waals surface area contributed by atoms with E-state index in [9.17, 15) is 27.9 Å². The van der Waals surface area contributed by atoms with Crippen molar-refractivity contribution in [2.45, 2.75) is 30.3 Å². The van der Waals surface area contributed by atoms with E-state index in [4.69, 9.17) is 23.7 Å². The largest absolute Gasteiger partial charge is 0.508 e. The Labute approximate surface area is 372 Å². The van der Waals surface area contributed by atoms with Gasteiger partial charge in [-0.1, -0.05) is 24.3 Å². The van der Waals surface area contributed by atoms with Crippen LogP contribution in [0.3, 0.4) is 0 Å². The topological polar surface area (TPSA) is 173 Å². The zero-order chi connectivity index (χ0) is 44.6. The molecule has 0 aliphatic carbocycles. The van der Waals surface area contributed by atoms with E-state index in [1.807, 2.05) is 54.6 Å². The van der Waals surface area contributed by atoms with Crippen LogP contribution in [-0.4, -0.2) is 132 Å². The third kappa shape index (κ3) is 10.8. The van der Waals surface area contributed by atoms with E-state index in [1.165, 1.54) is 6.26 Å². The molecule has 336 valence electrons. The summed E-state index contributed by atoms with van der Waals surface area (Å²) < 4.78 is 53.5. The Morgan fingerprint density at radius 2 is 1.41 bits per heavy atom. The van der Waals surface area contributed by atoms with Gasteiger partial charge < -0.3 is 38.6 Å². The molecule has 3 aliphatic rings. The monoisotopic (exact) mass is 892 g/mol. The van der Waals surface area contributed by atoms with Gasteiger partial charge >= 0.3 is 0 Å². The van der Waals surface area contributed by atoms with Crippen LogP contribution in [0, 0.1) is 0 Å². The number of nitrogens with one attached hydrogen (secondary N) is 1. The fourth-order valence-electron chi connectivity index (χ4n) is 8.15. The smallest absolute Gasteiger partial charge is 0.255 e. The number of hydrogen-bond donors (Lipinski definition) is 2. The molecule has 16 heteroatoms. The highest BCUT2D eigenvalue weighted by molar-refractivity contribution is 7.90. The fraction of sp³-hybridized carbons (Fsp3) is 0.354. The lowest BCUT2D eigenvalue weighted by atomic mass is 9.99. The SMILES string of the molecule is CS(=O)(=O)c1ccc(-c2ccc3cc(O)ccc3c2Oc2ccc(OCCOCCOCCOCCN3CCN(c4ccc5c(c4)C(=O)N(C4CCC(=O)NC4=O)C5)CC3)cc2)cc1. The van der Waals surface area contributed by atoms with E-state index in [1.54, 1.807) is 47.4 Å². The summed E-state index contributed by atoms with van der Waals surface area (Å²) in [5.74, 6) is 1.10. The Morgan fingerprint density at radius 3 is 2.11 bits per heavy atom. The van der Waals surface area contributed by atoms with Gasteiger partial charge in [-0.15, -0.1) is 0 Å². The number of phenolic OH excluding ortho intramolecular Hbond substituents is 1. The molecule has 5 aromatic rings. The Morgan fingerprint density at radius 1 is 0.719 bits per heavy atom. The zero-order valence-corrected chi connectivity index (χ0v) is 36.5. The first-order valence-corrected chi connectivity index (χ1v) is 23.3. The van der Waals surface area contributed by atoms with Crippen LogP contribution < -0.4 is 19.7 Å². The van der Waals surface area contributed by atoms with Crippen molar-refractivity contribution in [3.05, 3.63) is 108 Å². The fourth-order valence-corrected chi connectivity index (χ4v) is 8.78. The summed E-state index contributed by atoms with van der Waals surface area (Å²) in [6.45, 7) is 7.80. The summed E-state index contributed by atoms with van der Waals surface area (Å²) in [5, 5.41) is 14.0. The number of fused-ring (bicyclic) bond motifs is 2. The van der Waals surface area contributed by atoms with Crippen LogP contribution in [-0.2, 0) is 40.2 Å². The molecule has 3 amide bonds. The van der Waals surface area contributed by atoms with Crippen LogP contribution in [0.5, 0.6) is 23.0 Å². The average molecular weight is 893 g/mol. The molecular formula is C48H52N4O11S.